The molecule has 0 aromatic carbocycles. The first-order valence-electron chi connectivity index (χ1n) is 7.45. The summed E-state index contributed by atoms with van der Waals surface area (Å²) in [6.45, 7) is 10.9. The first kappa shape index (κ1) is 18.4. The van der Waals surface area contributed by atoms with Gasteiger partial charge in [0.2, 0.25) is 0 Å². The molecule has 1 N–H and O–H groups in total. The third kappa shape index (κ3) is 6.01. The lowest BCUT2D eigenvalue weighted by Gasteiger charge is -2.27. The Hall–Kier alpha value is -1.63. The number of nitrogens with one attached hydrogen (secondary N) is 1. The Kier molecular flexibility index (Phi) is 6.80. The molecule has 0 bridgehead atoms. The minimum Gasteiger partial charge on any atom is -0.461 e. The van der Waals surface area contributed by atoms with Gasteiger partial charge in [-0.2, -0.15) is 0 Å². The molecule has 1 heterocycles. The van der Waals surface area contributed by atoms with Crippen molar-refractivity contribution >= 4 is 23.3 Å². The van der Waals surface area contributed by atoms with Crippen molar-refractivity contribution in [2.24, 2.45) is 0 Å². The molecular weight excluding hydrogens is 302 g/mol. The van der Waals surface area contributed by atoms with Gasteiger partial charge in [-0.25, -0.2) is 14.6 Å². The average molecular weight is 327 g/mol. The summed E-state index contributed by atoms with van der Waals surface area (Å²) in [7, 11) is 0. The van der Waals surface area contributed by atoms with Crippen molar-refractivity contribution in [2.45, 2.75) is 53.1 Å². The molecule has 1 rings (SSSR count). The van der Waals surface area contributed by atoms with E-state index in [0.717, 1.165) is 11.4 Å². The third-order valence-electron chi connectivity index (χ3n) is 2.63. The molecule has 0 spiro atoms. The molecule has 1 aromatic heterocycles. The fourth-order valence-corrected chi connectivity index (χ4v) is 2.55. The number of hydrogen-bond acceptors (Lipinski definition) is 5. The van der Waals surface area contributed by atoms with Crippen molar-refractivity contribution in [2.75, 3.05) is 13.2 Å². The van der Waals surface area contributed by atoms with Gasteiger partial charge in [0.15, 0.2) is 5.69 Å². The van der Waals surface area contributed by atoms with Crippen LogP contribution in [0.4, 0.5) is 4.79 Å². The number of thiazole rings is 1. The second-order valence-corrected chi connectivity index (χ2v) is 6.89. The number of urea groups is 1. The van der Waals surface area contributed by atoms with Gasteiger partial charge >= 0.3 is 12.0 Å². The van der Waals surface area contributed by atoms with Gasteiger partial charge in [-0.3, -0.25) is 0 Å². The number of carbonyl (C=O) groups is 2. The van der Waals surface area contributed by atoms with E-state index in [-0.39, 0.29) is 11.6 Å². The molecule has 7 heteroatoms. The molecule has 0 aliphatic carbocycles. The first-order valence-corrected chi connectivity index (χ1v) is 8.33. The normalized spacial score (nSPS) is 11.1. The van der Waals surface area contributed by atoms with Crippen molar-refractivity contribution in [3.8, 4) is 0 Å². The number of carbonyl (C=O) groups excluding carboxylic acids is 2. The van der Waals surface area contributed by atoms with Crippen molar-refractivity contribution in [3.05, 3.63) is 16.1 Å². The van der Waals surface area contributed by atoms with Crippen LogP contribution in [0.1, 0.15) is 56.5 Å². The van der Waals surface area contributed by atoms with E-state index < -0.39 is 5.97 Å². The zero-order chi connectivity index (χ0) is 16.8. The highest BCUT2D eigenvalue weighted by Crippen LogP contribution is 2.14. The second-order valence-electron chi connectivity index (χ2n) is 5.95. The average Bonchev–Trinajstić information content (AvgIpc) is 2.85. The SMILES string of the molecule is CCCN(Cc1nc(C(=O)OCC)cs1)C(=O)NC(C)(C)C. The predicted octanol–water partition coefficient (Wildman–Crippen LogP) is 3.04. The maximum atomic E-state index is 12.3. The lowest BCUT2D eigenvalue weighted by Crippen LogP contribution is -2.48. The fraction of sp³-hybridized carbons (Fsp3) is 0.667. The van der Waals surface area contributed by atoms with E-state index in [2.05, 4.69) is 10.3 Å². The standard InChI is InChI=1S/C15H25N3O3S/c1-6-8-18(14(20)17-15(3,4)5)9-12-16-11(10-22-12)13(19)21-7-2/h10H,6-9H2,1-5H3,(H,17,20). The van der Waals surface area contributed by atoms with E-state index in [9.17, 15) is 9.59 Å². The van der Waals surface area contributed by atoms with Crippen molar-refractivity contribution in [1.29, 1.82) is 0 Å². The van der Waals surface area contributed by atoms with E-state index in [4.69, 9.17) is 4.74 Å². The van der Waals surface area contributed by atoms with Gasteiger partial charge in [-0.05, 0) is 34.1 Å². The van der Waals surface area contributed by atoms with Crippen LogP contribution in [0.15, 0.2) is 5.38 Å². The molecule has 0 aliphatic heterocycles. The van der Waals surface area contributed by atoms with Gasteiger partial charge < -0.3 is 15.0 Å². The van der Waals surface area contributed by atoms with Gasteiger partial charge in [-0.15, -0.1) is 11.3 Å². The van der Waals surface area contributed by atoms with Crippen LogP contribution in [0.25, 0.3) is 0 Å². The molecule has 22 heavy (non-hydrogen) atoms. The van der Waals surface area contributed by atoms with Gasteiger partial charge in [-0.1, -0.05) is 6.92 Å². The van der Waals surface area contributed by atoms with Crippen LogP contribution >= 0.6 is 11.3 Å². The maximum Gasteiger partial charge on any atom is 0.357 e. The number of esters is 1. The number of aromatic nitrogens is 1. The summed E-state index contributed by atoms with van der Waals surface area (Å²) in [4.78, 5) is 29.9. The Bertz CT molecular complexity index is 508. The Morgan fingerprint density at radius 2 is 2.05 bits per heavy atom. The minimum atomic E-state index is -0.425. The van der Waals surface area contributed by atoms with Crippen LogP contribution in [0.5, 0.6) is 0 Å². The molecule has 0 fully saturated rings. The van der Waals surface area contributed by atoms with Crippen molar-refractivity contribution < 1.29 is 14.3 Å². The van der Waals surface area contributed by atoms with Crippen LogP contribution in [-0.2, 0) is 11.3 Å². The summed E-state index contributed by atoms with van der Waals surface area (Å²) in [6, 6.07) is -0.123. The third-order valence-corrected chi connectivity index (χ3v) is 3.46. The summed E-state index contributed by atoms with van der Waals surface area (Å²) in [6.07, 6.45) is 0.855. The van der Waals surface area contributed by atoms with Crippen LogP contribution < -0.4 is 5.32 Å². The topological polar surface area (TPSA) is 71.5 Å². The number of rotatable bonds is 6. The number of hydrogen-bond donors (Lipinski definition) is 1. The van der Waals surface area contributed by atoms with Crippen molar-refractivity contribution in [3.63, 3.8) is 0 Å². The number of nitrogens with zero attached hydrogens (tertiary/aromatic N) is 2. The Morgan fingerprint density at radius 1 is 1.36 bits per heavy atom. The Labute approximate surface area is 135 Å². The zero-order valence-corrected chi connectivity index (χ0v) is 14.7. The predicted molar refractivity (Wildman–Crippen MR) is 87.1 cm³/mol. The highest BCUT2D eigenvalue weighted by atomic mass is 32.1. The minimum absolute atomic E-state index is 0.123. The maximum absolute atomic E-state index is 12.3. The Balaban J connectivity index is 2.75. The molecule has 0 saturated heterocycles. The van der Waals surface area contributed by atoms with Gasteiger partial charge in [0.25, 0.3) is 0 Å². The quantitative estimate of drug-likeness (QED) is 0.815. The van der Waals surface area contributed by atoms with Gasteiger partial charge in [0.1, 0.15) is 5.01 Å². The van der Waals surface area contributed by atoms with Crippen LogP contribution in [0.3, 0.4) is 0 Å². The van der Waals surface area contributed by atoms with Crippen LogP contribution in [0.2, 0.25) is 0 Å². The molecule has 0 unspecified atom stereocenters. The molecule has 2 amide bonds. The summed E-state index contributed by atoms with van der Waals surface area (Å²) in [5, 5.41) is 5.33. The van der Waals surface area contributed by atoms with Gasteiger partial charge in [0.05, 0.1) is 13.2 Å². The van der Waals surface area contributed by atoms with Crippen LogP contribution in [-0.4, -0.2) is 40.6 Å². The van der Waals surface area contributed by atoms with E-state index in [1.807, 2.05) is 27.7 Å². The largest absolute Gasteiger partial charge is 0.461 e. The first-order chi connectivity index (χ1) is 10.3. The van der Waals surface area contributed by atoms with E-state index in [1.54, 1.807) is 17.2 Å². The van der Waals surface area contributed by atoms with Crippen molar-refractivity contribution in [1.82, 2.24) is 15.2 Å². The smallest absolute Gasteiger partial charge is 0.357 e. The molecule has 124 valence electrons. The lowest BCUT2D eigenvalue weighted by molar-refractivity contribution is 0.0520. The number of ether oxygens (including phenoxy) is 1. The molecule has 0 aliphatic rings. The molecule has 0 saturated carbocycles. The highest BCUT2D eigenvalue weighted by Gasteiger charge is 2.21. The fourth-order valence-electron chi connectivity index (χ4n) is 1.77. The van der Waals surface area contributed by atoms with Gasteiger partial charge in [0, 0.05) is 17.5 Å². The Morgan fingerprint density at radius 3 is 2.59 bits per heavy atom. The zero-order valence-electron chi connectivity index (χ0n) is 13.9. The monoisotopic (exact) mass is 327 g/mol. The highest BCUT2D eigenvalue weighted by molar-refractivity contribution is 7.09. The molecule has 6 nitrogen and oxygen atoms in total. The lowest BCUT2D eigenvalue weighted by atomic mass is 10.1. The molecule has 0 atom stereocenters. The second kappa shape index (κ2) is 8.12. The molecular formula is C15H25N3O3S. The number of amides is 2. The van der Waals surface area contributed by atoms with E-state index >= 15 is 0 Å². The van der Waals surface area contributed by atoms with E-state index in [1.165, 1.54) is 11.3 Å². The molecule has 0 radical (unpaired) electrons. The molecule has 1 aromatic rings. The van der Waals surface area contributed by atoms with E-state index in [0.29, 0.717) is 25.4 Å². The summed E-state index contributed by atoms with van der Waals surface area (Å²) < 4.78 is 4.92. The summed E-state index contributed by atoms with van der Waals surface area (Å²) >= 11 is 1.36. The van der Waals surface area contributed by atoms with Crippen LogP contribution in [0, 0.1) is 0 Å². The summed E-state index contributed by atoms with van der Waals surface area (Å²) in [5.74, 6) is -0.425. The summed E-state index contributed by atoms with van der Waals surface area (Å²) in [5.41, 5.74) is 0.0109.